The summed E-state index contributed by atoms with van der Waals surface area (Å²) in [4.78, 5) is 40.8. The number of nitrogens with zero attached hydrogens (tertiary/aromatic N) is 2. The van der Waals surface area contributed by atoms with Crippen LogP contribution in [0, 0.1) is 0 Å². The van der Waals surface area contributed by atoms with E-state index in [1.165, 1.54) is 12.1 Å². The average molecular weight is 519 g/mol. The lowest BCUT2D eigenvalue weighted by Gasteiger charge is -2.20. The van der Waals surface area contributed by atoms with Crippen molar-refractivity contribution in [2.24, 2.45) is 0 Å². The van der Waals surface area contributed by atoms with Crippen molar-refractivity contribution >= 4 is 58.5 Å². The standard InChI is InChI=1S/C28H26N4O4.ClH/c1-31(2)16-24(33)32-13-12-18-14-20(9-11-23(18)32)29-26(17-6-4-3-5-7-17)25-21-10-8-19(28(35)36)15-22(21)30-27(25)34;/h3-11,14-15,29H,12-13,16H2,1-2H3,(H,30,34)(H,35,36);1H/b26-25+;. The van der Waals surface area contributed by atoms with Gasteiger partial charge in [0.25, 0.3) is 5.91 Å². The fourth-order valence-electron chi connectivity index (χ4n) is 4.68. The van der Waals surface area contributed by atoms with E-state index < -0.39 is 5.97 Å². The number of halogens is 1. The molecule has 0 bridgehead atoms. The summed E-state index contributed by atoms with van der Waals surface area (Å²) in [5.74, 6) is -1.30. The molecule has 0 aliphatic carbocycles. The smallest absolute Gasteiger partial charge is 0.335 e. The maximum atomic E-state index is 13.1. The van der Waals surface area contributed by atoms with Gasteiger partial charge >= 0.3 is 5.97 Å². The number of hydrogen-bond acceptors (Lipinski definition) is 5. The minimum absolute atomic E-state index is 0. The van der Waals surface area contributed by atoms with Crippen molar-refractivity contribution in [1.82, 2.24) is 4.90 Å². The number of benzene rings is 3. The van der Waals surface area contributed by atoms with Crippen LogP contribution in [0.1, 0.15) is 27.0 Å². The Morgan fingerprint density at radius 1 is 1.03 bits per heavy atom. The highest BCUT2D eigenvalue weighted by atomic mass is 35.5. The first-order valence-electron chi connectivity index (χ1n) is 11.7. The van der Waals surface area contributed by atoms with Crippen LogP contribution in [0.2, 0.25) is 0 Å². The maximum Gasteiger partial charge on any atom is 0.335 e. The number of carboxylic acids is 1. The number of fused-ring (bicyclic) bond motifs is 2. The van der Waals surface area contributed by atoms with Gasteiger partial charge in [-0.25, -0.2) is 4.79 Å². The molecule has 2 aliphatic rings. The van der Waals surface area contributed by atoms with Gasteiger partial charge in [0.1, 0.15) is 0 Å². The van der Waals surface area contributed by atoms with E-state index in [0.29, 0.717) is 35.6 Å². The molecule has 3 aromatic carbocycles. The number of likely N-dealkylation sites (N-methyl/N-ethyl adjacent to an activating group) is 1. The predicted octanol–water partition coefficient (Wildman–Crippen LogP) is 4.19. The first kappa shape index (κ1) is 25.9. The summed E-state index contributed by atoms with van der Waals surface area (Å²) in [5, 5.41) is 15.6. The second-order valence-corrected chi connectivity index (χ2v) is 9.14. The molecule has 8 nitrogen and oxygen atoms in total. The Hall–Kier alpha value is -4.14. The molecule has 0 aromatic heterocycles. The molecule has 0 saturated carbocycles. The van der Waals surface area contributed by atoms with Crippen molar-refractivity contribution in [3.05, 3.63) is 89.0 Å². The summed E-state index contributed by atoms with van der Waals surface area (Å²) in [7, 11) is 3.75. The van der Waals surface area contributed by atoms with Crippen LogP contribution in [0.5, 0.6) is 0 Å². The molecule has 0 radical (unpaired) electrons. The van der Waals surface area contributed by atoms with Crippen LogP contribution in [0.3, 0.4) is 0 Å². The molecule has 0 fully saturated rings. The molecular formula is C28H27ClN4O4. The Morgan fingerprint density at radius 2 is 1.78 bits per heavy atom. The molecule has 9 heteroatoms. The number of rotatable bonds is 6. The third-order valence-corrected chi connectivity index (χ3v) is 6.32. The predicted molar refractivity (Wildman–Crippen MR) is 147 cm³/mol. The maximum absolute atomic E-state index is 13.1. The molecule has 0 saturated heterocycles. The first-order valence-corrected chi connectivity index (χ1v) is 11.7. The third-order valence-electron chi connectivity index (χ3n) is 6.32. The third kappa shape index (κ3) is 5.07. The van der Waals surface area contributed by atoms with Gasteiger partial charge in [-0.3, -0.25) is 9.59 Å². The molecular weight excluding hydrogens is 492 g/mol. The van der Waals surface area contributed by atoms with Crippen LogP contribution in [0.25, 0.3) is 11.3 Å². The second-order valence-electron chi connectivity index (χ2n) is 9.14. The van der Waals surface area contributed by atoms with Gasteiger partial charge in [0.2, 0.25) is 5.91 Å². The lowest BCUT2D eigenvalue weighted by Crippen LogP contribution is -2.36. The Labute approximate surface area is 221 Å². The van der Waals surface area contributed by atoms with E-state index in [2.05, 4.69) is 10.6 Å². The Kier molecular flexibility index (Phi) is 7.33. The number of hydrogen-bond donors (Lipinski definition) is 3. The van der Waals surface area contributed by atoms with Gasteiger partial charge in [0.15, 0.2) is 0 Å². The molecule has 0 atom stereocenters. The summed E-state index contributed by atoms with van der Waals surface area (Å²) in [5.41, 5.74) is 5.86. The highest BCUT2D eigenvalue weighted by Crippen LogP contribution is 2.39. The van der Waals surface area contributed by atoms with Gasteiger partial charge in [-0.15, -0.1) is 12.4 Å². The number of carbonyl (C=O) groups is 3. The van der Waals surface area contributed by atoms with Gasteiger partial charge in [0.05, 0.1) is 29.1 Å². The summed E-state index contributed by atoms with van der Waals surface area (Å²) in [6.45, 7) is 0.988. The zero-order chi connectivity index (χ0) is 25.4. The quantitative estimate of drug-likeness (QED) is 0.423. The van der Waals surface area contributed by atoms with Gasteiger partial charge in [-0.05, 0) is 62.0 Å². The van der Waals surface area contributed by atoms with E-state index in [9.17, 15) is 19.5 Å². The number of aromatic carboxylic acids is 1. The summed E-state index contributed by atoms with van der Waals surface area (Å²) in [6, 6.07) is 20.0. The van der Waals surface area contributed by atoms with Gasteiger partial charge < -0.3 is 25.5 Å². The Bertz CT molecular complexity index is 1420. The number of anilines is 3. The second kappa shape index (κ2) is 10.5. The molecule has 2 heterocycles. The van der Waals surface area contributed by atoms with Crippen LogP contribution in [-0.4, -0.2) is 55.0 Å². The topological polar surface area (TPSA) is 102 Å². The Balaban J connectivity index is 0.00000320. The molecule has 0 spiro atoms. The fourth-order valence-corrected chi connectivity index (χ4v) is 4.68. The largest absolute Gasteiger partial charge is 0.478 e. The van der Waals surface area contributed by atoms with Crippen LogP contribution in [0.15, 0.2) is 66.7 Å². The molecule has 3 N–H and O–H groups in total. The molecule has 2 amide bonds. The SMILES string of the molecule is CN(C)CC(=O)N1CCc2cc(N/C(=C3/C(=O)Nc4cc(C(=O)O)ccc43)c3ccccc3)ccc21.Cl. The molecule has 3 aromatic rings. The summed E-state index contributed by atoms with van der Waals surface area (Å²) < 4.78 is 0. The van der Waals surface area contributed by atoms with E-state index >= 15 is 0 Å². The molecule has 2 aliphatic heterocycles. The summed E-state index contributed by atoms with van der Waals surface area (Å²) >= 11 is 0. The van der Waals surface area contributed by atoms with Crippen LogP contribution in [-0.2, 0) is 16.0 Å². The van der Waals surface area contributed by atoms with E-state index in [1.54, 1.807) is 6.07 Å². The molecule has 37 heavy (non-hydrogen) atoms. The van der Waals surface area contributed by atoms with Gasteiger partial charge in [0, 0.05) is 23.5 Å². The van der Waals surface area contributed by atoms with Crippen molar-refractivity contribution in [2.45, 2.75) is 6.42 Å². The van der Waals surface area contributed by atoms with E-state index in [1.807, 2.05) is 72.4 Å². The minimum atomic E-state index is -1.05. The molecule has 190 valence electrons. The number of nitrogens with one attached hydrogen (secondary N) is 2. The van der Waals surface area contributed by atoms with Gasteiger partial charge in [-0.2, -0.15) is 0 Å². The van der Waals surface area contributed by atoms with Crippen LogP contribution >= 0.6 is 12.4 Å². The monoisotopic (exact) mass is 518 g/mol. The highest BCUT2D eigenvalue weighted by Gasteiger charge is 2.30. The minimum Gasteiger partial charge on any atom is -0.478 e. The van der Waals surface area contributed by atoms with E-state index in [0.717, 1.165) is 28.9 Å². The Morgan fingerprint density at radius 3 is 2.49 bits per heavy atom. The van der Waals surface area contributed by atoms with Crippen molar-refractivity contribution in [1.29, 1.82) is 0 Å². The normalized spacial score (nSPS) is 15.0. The lowest BCUT2D eigenvalue weighted by atomic mass is 9.99. The van der Waals surface area contributed by atoms with Crippen molar-refractivity contribution in [2.75, 3.05) is 42.7 Å². The number of amides is 2. The zero-order valence-corrected chi connectivity index (χ0v) is 21.3. The highest BCUT2D eigenvalue weighted by molar-refractivity contribution is 6.37. The van der Waals surface area contributed by atoms with Crippen molar-refractivity contribution in [3.63, 3.8) is 0 Å². The number of carbonyl (C=O) groups excluding carboxylic acids is 2. The van der Waals surface area contributed by atoms with Crippen LogP contribution < -0.4 is 15.5 Å². The average Bonchev–Trinajstić information content (AvgIpc) is 3.42. The first-order chi connectivity index (χ1) is 17.3. The van der Waals surface area contributed by atoms with E-state index in [4.69, 9.17) is 0 Å². The zero-order valence-electron chi connectivity index (χ0n) is 20.4. The van der Waals surface area contributed by atoms with Crippen LogP contribution in [0.4, 0.5) is 17.1 Å². The molecule has 0 unspecified atom stereocenters. The van der Waals surface area contributed by atoms with E-state index in [-0.39, 0.29) is 29.8 Å². The fraction of sp³-hybridized carbons (Fsp3) is 0.179. The summed E-state index contributed by atoms with van der Waals surface area (Å²) in [6.07, 6.45) is 0.753. The lowest BCUT2D eigenvalue weighted by molar-refractivity contribution is -0.119. The number of carboxylic acid groups (broad SMARTS) is 1. The molecule has 5 rings (SSSR count). The van der Waals surface area contributed by atoms with Crippen molar-refractivity contribution < 1.29 is 19.5 Å². The van der Waals surface area contributed by atoms with Crippen molar-refractivity contribution in [3.8, 4) is 0 Å². The van der Waals surface area contributed by atoms with Gasteiger partial charge in [-0.1, -0.05) is 36.4 Å².